The van der Waals surface area contributed by atoms with Crippen LogP contribution in [0, 0.1) is 6.92 Å². The number of hydrogen-bond acceptors (Lipinski definition) is 14. The highest BCUT2D eigenvalue weighted by Gasteiger charge is 2.47. The van der Waals surface area contributed by atoms with E-state index in [4.69, 9.17) is 18.9 Å². The number of nitrogens with one attached hydrogen (secondary N) is 1. The average Bonchev–Trinajstić information content (AvgIpc) is 3.70. The van der Waals surface area contributed by atoms with Crippen LogP contribution in [0.2, 0.25) is 0 Å². The number of aliphatic hydroxyl groups excluding tert-OH is 4. The maximum atomic E-state index is 13.3. The average molecular weight is 694 g/mol. The molecular weight excluding hydrogens is 650 g/mol. The highest BCUT2D eigenvalue weighted by molar-refractivity contribution is 6.12. The lowest BCUT2D eigenvalue weighted by Crippen LogP contribution is -2.58. The number of phenolic OH excluding ortho intramolecular Hbond substituents is 1. The summed E-state index contributed by atoms with van der Waals surface area (Å²) in [4.78, 5) is 31.4. The number of ether oxygens (including phenoxy) is 1. The molecule has 14 nitrogen and oxygen atoms in total. The molecule has 6 unspecified atom stereocenters. The van der Waals surface area contributed by atoms with Crippen LogP contribution in [0.4, 0.5) is 5.69 Å². The molecule has 0 aliphatic carbocycles. The van der Waals surface area contributed by atoms with Gasteiger partial charge in [0.05, 0.1) is 24.2 Å². The number of allylic oxidation sites excluding steroid dienone is 1. The van der Waals surface area contributed by atoms with Crippen LogP contribution in [0.5, 0.6) is 11.5 Å². The molecule has 50 heavy (non-hydrogen) atoms. The highest BCUT2D eigenvalue weighted by Crippen LogP contribution is 2.47. The predicted octanol–water partition coefficient (Wildman–Crippen LogP) is 1.15. The van der Waals surface area contributed by atoms with Gasteiger partial charge in [-0.3, -0.25) is 9.79 Å². The normalized spacial score (nSPS) is 22.7. The molecule has 0 amide bonds. The molecule has 7 N–H and O–H groups in total. The third-order valence-corrected chi connectivity index (χ3v) is 9.56. The van der Waals surface area contributed by atoms with Gasteiger partial charge in [-0.1, -0.05) is 12.1 Å². The number of aliphatic imine (C=N–C) groups is 1. The SMILES string of the molecule is CNCCC1(C)Oc2c(cc3c(=O)cc(C)oc3c2N2C=C3C=CN=C3C2)CC1OOCC(O)(Cc1ccc(O)cc1)C(O)C(O)C(O)CO. The standard InChI is InChI=1S/C36H43N3O11/c1-20-12-27(42)25-13-23-14-29(50-47-19-36(46,34(45)31(44)28(43)18-40)15-21-4-6-24(41)7-5-21)35(2,9-11-37-3)49-32(23)30(33(25)48-20)39-16-22-8-10-38-26(22)17-39/h4-8,10,12-13,16,28-29,31,34,37,40-41,43-46H,9,11,14-15,17-19H2,1-3H3. The van der Waals surface area contributed by atoms with Gasteiger partial charge < -0.3 is 50.0 Å². The second kappa shape index (κ2) is 14.2. The Kier molecular flexibility index (Phi) is 10.2. The Hall–Kier alpha value is -4.12. The van der Waals surface area contributed by atoms with Crippen LogP contribution < -0.4 is 20.4 Å². The number of nitrogens with zero attached hydrogens (tertiary/aromatic N) is 2. The molecule has 4 heterocycles. The molecule has 1 aromatic heterocycles. The van der Waals surface area contributed by atoms with Gasteiger partial charge in [0, 0.05) is 48.9 Å². The molecule has 6 rings (SSSR count). The third kappa shape index (κ3) is 6.93. The summed E-state index contributed by atoms with van der Waals surface area (Å²) < 4.78 is 13.0. The van der Waals surface area contributed by atoms with Crippen molar-refractivity contribution in [3.05, 3.63) is 87.6 Å². The van der Waals surface area contributed by atoms with Gasteiger partial charge in [-0.15, -0.1) is 0 Å². The van der Waals surface area contributed by atoms with Crippen molar-refractivity contribution in [2.75, 3.05) is 38.3 Å². The summed E-state index contributed by atoms with van der Waals surface area (Å²) in [6.07, 6.45) is -0.446. The van der Waals surface area contributed by atoms with E-state index in [1.165, 1.54) is 30.3 Å². The topological polar surface area (TPSA) is 207 Å². The first-order chi connectivity index (χ1) is 23.9. The molecule has 268 valence electrons. The van der Waals surface area contributed by atoms with E-state index in [0.29, 0.717) is 58.8 Å². The van der Waals surface area contributed by atoms with Crippen molar-refractivity contribution in [2.45, 2.75) is 68.7 Å². The van der Waals surface area contributed by atoms with Crippen molar-refractivity contribution in [3.63, 3.8) is 0 Å². The summed E-state index contributed by atoms with van der Waals surface area (Å²) in [7, 11) is 1.81. The van der Waals surface area contributed by atoms with Crippen molar-refractivity contribution in [2.24, 2.45) is 4.99 Å². The molecule has 3 aromatic rings. The monoisotopic (exact) mass is 693 g/mol. The minimum absolute atomic E-state index is 0.00902. The molecule has 3 aliphatic rings. The van der Waals surface area contributed by atoms with Crippen LogP contribution in [-0.4, -0.2) is 105 Å². The van der Waals surface area contributed by atoms with E-state index in [9.17, 15) is 35.4 Å². The molecule has 6 atom stereocenters. The minimum Gasteiger partial charge on any atom is -0.508 e. The van der Waals surface area contributed by atoms with E-state index in [1.807, 2.05) is 31.1 Å². The lowest BCUT2D eigenvalue weighted by molar-refractivity contribution is -0.371. The van der Waals surface area contributed by atoms with Gasteiger partial charge in [0.1, 0.15) is 59.4 Å². The summed E-state index contributed by atoms with van der Waals surface area (Å²) >= 11 is 0. The van der Waals surface area contributed by atoms with E-state index < -0.39 is 48.8 Å². The Morgan fingerprint density at radius 3 is 2.66 bits per heavy atom. The van der Waals surface area contributed by atoms with Gasteiger partial charge >= 0.3 is 0 Å². The zero-order valence-electron chi connectivity index (χ0n) is 28.1. The summed E-state index contributed by atoms with van der Waals surface area (Å²) in [6, 6.07) is 9.01. The number of phenols is 1. The van der Waals surface area contributed by atoms with E-state index in [0.717, 1.165) is 11.3 Å². The lowest BCUT2D eigenvalue weighted by Gasteiger charge is -2.43. The molecular formula is C36H43N3O11. The van der Waals surface area contributed by atoms with Crippen LogP contribution in [0.25, 0.3) is 11.0 Å². The minimum atomic E-state index is -2.22. The first-order valence-corrected chi connectivity index (χ1v) is 16.5. The summed E-state index contributed by atoms with van der Waals surface area (Å²) in [5.41, 5.74) is 0.485. The van der Waals surface area contributed by atoms with Crippen LogP contribution in [0.15, 0.2) is 74.7 Å². The Balaban J connectivity index is 1.33. The van der Waals surface area contributed by atoms with Gasteiger partial charge in [-0.2, -0.15) is 0 Å². The van der Waals surface area contributed by atoms with Crippen molar-refractivity contribution in [1.82, 2.24) is 5.32 Å². The van der Waals surface area contributed by atoms with Crippen LogP contribution in [0.3, 0.4) is 0 Å². The van der Waals surface area contributed by atoms with Crippen molar-refractivity contribution >= 4 is 22.4 Å². The number of fused-ring (bicyclic) bond motifs is 3. The van der Waals surface area contributed by atoms with Crippen molar-refractivity contribution in [3.8, 4) is 11.5 Å². The number of aryl methyl sites for hydroxylation is 1. The van der Waals surface area contributed by atoms with E-state index in [-0.39, 0.29) is 24.0 Å². The van der Waals surface area contributed by atoms with E-state index in [1.54, 1.807) is 19.2 Å². The van der Waals surface area contributed by atoms with Gasteiger partial charge in [-0.05, 0) is 57.3 Å². The number of aromatic hydroxyl groups is 1. The molecule has 0 saturated heterocycles. The van der Waals surface area contributed by atoms with Gasteiger partial charge in [0.15, 0.2) is 16.8 Å². The molecule has 0 radical (unpaired) electrons. The molecule has 0 spiro atoms. The fraction of sp³-hybridized carbons (Fsp3) is 0.444. The second-order valence-corrected chi connectivity index (χ2v) is 13.4. The fourth-order valence-corrected chi connectivity index (χ4v) is 6.60. The zero-order valence-corrected chi connectivity index (χ0v) is 28.1. The lowest BCUT2D eigenvalue weighted by atomic mass is 9.85. The first-order valence-electron chi connectivity index (χ1n) is 16.5. The Bertz CT molecular complexity index is 1870. The molecule has 0 saturated carbocycles. The first kappa shape index (κ1) is 35.7. The number of aliphatic hydroxyl groups is 5. The van der Waals surface area contributed by atoms with Crippen LogP contribution in [-0.2, 0) is 22.6 Å². The van der Waals surface area contributed by atoms with Gasteiger partial charge in [0.2, 0.25) is 0 Å². The number of hydrogen-bond donors (Lipinski definition) is 7. The Morgan fingerprint density at radius 2 is 1.96 bits per heavy atom. The molecule has 3 aliphatic heterocycles. The Labute approximate surface area is 288 Å². The molecule has 0 fully saturated rings. The second-order valence-electron chi connectivity index (χ2n) is 13.4. The third-order valence-electron chi connectivity index (χ3n) is 9.56. The largest absolute Gasteiger partial charge is 0.508 e. The summed E-state index contributed by atoms with van der Waals surface area (Å²) in [6.45, 7) is 3.04. The highest BCUT2D eigenvalue weighted by atomic mass is 17.2. The quantitative estimate of drug-likeness (QED) is 0.0936. The maximum Gasteiger partial charge on any atom is 0.193 e. The smallest absolute Gasteiger partial charge is 0.193 e. The molecule has 0 bridgehead atoms. The number of anilines is 1. The van der Waals surface area contributed by atoms with Gasteiger partial charge in [0.25, 0.3) is 0 Å². The van der Waals surface area contributed by atoms with Crippen molar-refractivity contribution in [1.29, 1.82) is 0 Å². The maximum absolute atomic E-state index is 13.3. The summed E-state index contributed by atoms with van der Waals surface area (Å²) in [5, 5.41) is 65.9. The predicted molar refractivity (Wildman–Crippen MR) is 183 cm³/mol. The van der Waals surface area contributed by atoms with Crippen molar-refractivity contribution < 1.29 is 49.6 Å². The van der Waals surface area contributed by atoms with Crippen LogP contribution in [0.1, 0.15) is 30.2 Å². The van der Waals surface area contributed by atoms with E-state index >= 15 is 0 Å². The van der Waals surface area contributed by atoms with Crippen LogP contribution >= 0.6 is 0 Å². The molecule has 2 aromatic carbocycles. The Morgan fingerprint density at radius 1 is 1.20 bits per heavy atom. The molecule has 14 heteroatoms. The zero-order chi connectivity index (χ0) is 35.8. The number of rotatable bonds is 14. The number of benzene rings is 2. The van der Waals surface area contributed by atoms with E-state index in [2.05, 4.69) is 10.3 Å². The summed E-state index contributed by atoms with van der Waals surface area (Å²) in [5.74, 6) is 0.965. The fourth-order valence-electron chi connectivity index (χ4n) is 6.60. The van der Waals surface area contributed by atoms with Gasteiger partial charge in [-0.25, -0.2) is 9.78 Å².